The normalized spacial score (nSPS) is 20.7. The van der Waals surface area contributed by atoms with Crippen molar-refractivity contribution < 1.29 is 14.3 Å². The summed E-state index contributed by atoms with van der Waals surface area (Å²) in [5, 5.41) is 2.99. The molecule has 6 heteroatoms. The summed E-state index contributed by atoms with van der Waals surface area (Å²) in [6, 6.07) is 5.34. The molecule has 6 nitrogen and oxygen atoms in total. The summed E-state index contributed by atoms with van der Waals surface area (Å²) < 4.78 is 10.6. The monoisotopic (exact) mass is 333 g/mol. The van der Waals surface area contributed by atoms with E-state index in [0.29, 0.717) is 23.5 Å². The van der Waals surface area contributed by atoms with Crippen molar-refractivity contribution in [2.75, 3.05) is 44.5 Å². The van der Waals surface area contributed by atoms with Crippen LogP contribution >= 0.6 is 0 Å². The maximum atomic E-state index is 12.6. The molecule has 1 aromatic rings. The molecule has 1 amide bonds. The zero-order valence-corrected chi connectivity index (χ0v) is 14.3. The van der Waals surface area contributed by atoms with Crippen molar-refractivity contribution in [3.05, 3.63) is 18.2 Å². The number of ether oxygens (including phenoxy) is 2. The second kappa shape index (κ2) is 7.40. The van der Waals surface area contributed by atoms with E-state index in [1.807, 2.05) is 6.07 Å². The van der Waals surface area contributed by atoms with Crippen LogP contribution in [0.15, 0.2) is 18.2 Å². The van der Waals surface area contributed by atoms with E-state index in [4.69, 9.17) is 15.2 Å². The van der Waals surface area contributed by atoms with Crippen LogP contribution in [0, 0.1) is 0 Å². The van der Waals surface area contributed by atoms with Crippen molar-refractivity contribution in [2.24, 2.45) is 0 Å². The van der Waals surface area contributed by atoms with Gasteiger partial charge in [-0.2, -0.15) is 0 Å². The summed E-state index contributed by atoms with van der Waals surface area (Å²) in [5.74, 6) is 0.668. The van der Waals surface area contributed by atoms with Crippen molar-refractivity contribution in [2.45, 2.75) is 37.6 Å². The molecule has 3 N–H and O–H groups in total. The molecule has 2 aliphatic rings. The van der Waals surface area contributed by atoms with Gasteiger partial charge in [0.1, 0.15) is 5.75 Å². The molecule has 0 radical (unpaired) electrons. The first-order valence-corrected chi connectivity index (χ1v) is 8.69. The number of anilines is 2. The zero-order valence-electron chi connectivity index (χ0n) is 14.3. The topological polar surface area (TPSA) is 76.8 Å². The number of nitrogens with two attached hydrogens (primary N) is 1. The fourth-order valence-corrected chi connectivity index (χ4v) is 3.99. The Labute approximate surface area is 143 Å². The Balaban J connectivity index is 1.66. The summed E-state index contributed by atoms with van der Waals surface area (Å²) in [4.78, 5) is 15.1. The molecular formula is C18H27N3O3. The molecule has 2 fully saturated rings. The summed E-state index contributed by atoms with van der Waals surface area (Å²) in [6.07, 6.45) is 5.09. The number of benzene rings is 1. The fraction of sp³-hybridized carbons (Fsp3) is 0.611. The first kappa shape index (κ1) is 17.0. The minimum absolute atomic E-state index is 0.00806. The molecule has 3 rings (SSSR count). The molecule has 0 unspecified atom stereocenters. The van der Waals surface area contributed by atoms with Crippen molar-refractivity contribution in [3.8, 4) is 5.75 Å². The smallest absolute Gasteiger partial charge is 0.226 e. The van der Waals surface area contributed by atoms with E-state index in [0.717, 1.165) is 39.1 Å². The molecule has 0 bridgehead atoms. The second-order valence-electron chi connectivity index (χ2n) is 6.71. The Kier molecular flexibility index (Phi) is 5.26. The van der Waals surface area contributed by atoms with Gasteiger partial charge in [0.2, 0.25) is 5.91 Å². The quantitative estimate of drug-likeness (QED) is 0.808. The Hall–Kier alpha value is -1.79. The standard InChI is InChI=1S/C18H27N3O3/c1-23-16-5-4-14(12-15(16)19)20-17(22)13-18(6-2-3-7-18)21-8-10-24-11-9-21/h4-5,12H,2-3,6-11,13,19H2,1H3,(H,20,22). The molecule has 1 aliphatic carbocycles. The van der Waals surface area contributed by atoms with Crippen LogP contribution in [-0.4, -0.2) is 49.8 Å². The zero-order chi connectivity index (χ0) is 17.0. The number of nitrogen functional groups attached to an aromatic ring is 1. The Morgan fingerprint density at radius 3 is 2.67 bits per heavy atom. The van der Waals surface area contributed by atoms with Gasteiger partial charge < -0.3 is 20.5 Å². The lowest BCUT2D eigenvalue weighted by Gasteiger charge is -2.43. The van der Waals surface area contributed by atoms with Gasteiger partial charge in [-0.15, -0.1) is 0 Å². The number of methoxy groups -OCH3 is 1. The maximum absolute atomic E-state index is 12.6. The van der Waals surface area contributed by atoms with E-state index in [1.54, 1.807) is 19.2 Å². The first-order chi connectivity index (χ1) is 11.6. The van der Waals surface area contributed by atoms with Gasteiger partial charge in [0.25, 0.3) is 0 Å². The number of amides is 1. The minimum Gasteiger partial charge on any atom is -0.495 e. The third-order valence-electron chi connectivity index (χ3n) is 5.22. The molecule has 1 saturated carbocycles. The van der Waals surface area contributed by atoms with Crippen molar-refractivity contribution in [3.63, 3.8) is 0 Å². The van der Waals surface area contributed by atoms with E-state index < -0.39 is 0 Å². The van der Waals surface area contributed by atoms with Gasteiger partial charge in [-0.3, -0.25) is 9.69 Å². The van der Waals surface area contributed by atoms with Crippen LogP contribution in [0.3, 0.4) is 0 Å². The van der Waals surface area contributed by atoms with E-state index >= 15 is 0 Å². The third kappa shape index (κ3) is 3.65. The molecule has 0 aromatic heterocycles. The molecule has 132 valence electrons. The maximum Gasteiger partial charge on any atom is 0.226 e. The van der Waals surface area contributed by atoms with Gasteiger partial charge in [0, 0.05) is 30.7 Å². The Morgan fingerprint density at radius 1 is 1.33 bits per heavy atom. The number of nitrogens with one attached hydrogen (secondary N) is 1. The molecule has 1 aromatic carbocycles. The molecule has 0 spiro atoms. The number of carbonyl (C=O) groups excluding carboxylic acids is 1. The van der Waals surface area contributed by atoms with Gasteiger partial charge in [0.05, 0.1) is 26.0 Å². The third-order valence-corrected chi connectivity index (χ3v) is 5.22. The van der Waals surface area contributed by atoms with Crippen LogP contribution < -0.4 is 15.8 Å². The largest absolute Gasteiger partial charge is 0.495 e. The molecule has 24 heavy (non-hydrogen) atoms. The predicted octanol–water partition coefficient (Wildman–Crippen LogP) is 2.25. The van der Waals surface area contributed by atoms with Crippen LogP contribution in [0.4, 0.5) is 11.4 Å². The lowest BCUT2D eigenvalue weighted by atomic mass is 9.90. The van der Waals surface area contributed by atoms with Crippen molar-refractivity contribution >= 4 is 17.3 Å². The van der Waals surface area contributed by atoms with Gasteiger partial charge in [-0.1, -0.05) is 12.8 Å². The van der Waals surface area contributed by atoms with Crippen molar-refractivity contribution in [1.82, 2.24) is 4.90 Å². The van der Waals surface area contributed by atoms with Crippen molar-refractivity contribution in [1.29, 1.82) is 0 Å². The summed E-state index contributed by atoms with van der Waals surface area (Å²) in [7, 11) is 1.58. The molecule has 1 heterocycles. The van der Waals surface area contributed by atoms with Crippen LogP contribution in [0.25, 0.3) is 0 Å². The number of morpholine rings is 1. The molecular weight excluding hydrogens is 306 g/mol. The summed E-state index contributed by atoms with van der Waals surface area (Å²) in [5.41, 5.74) is 7.15. The summed E-state index contributed by atoms with van der Waals surface area (Å²) >= 11 is 0. The highest BCUT2D eigenvalue weighted by atomic mass is 16.5. The highest BCUT2D eigenvalue weighted by molar-refractivity contribution is 5.92. The van der Waals surface area contributed by atoms with Gasteiger partial charge in [-0.25, -0.2) is 0 Å². The van der Waals surface area contributed by atoms with Crippen LogP contribution in [0.1, 0.15) is 32.1 Å². The predicted molar refractivity (Wildman–Crippen MR) is 94.2 cm³/mol. The van der Waals surface area contributed by atoms with E-state index in [2.05, 4.69) is 10.2 Å². The van der Waals surface area contributed by atoms with Crippen LogP contribution in [0.5, 0.6) is 5.75 Å². The lowest BCUT2D eigenvalue weighted by molar-refractivity contribution is -0.120. The SMILES string of the molecule is COc1ccc(NC(=O)CC2(N3CCOCC3)CCCC2)cc1N. The van der Waals surface area contributed by atoms with Gasteiger partial charge in [-0.05, 0) is 31.0 Å². The van der Waals surface area contributed by atoms with Gasteiger partial charge >= 0.3 is 0 Å². The summed E-state index contributed by atoms with van der Waals surface area (Å²) in [6.45, 7) is 3.36. The minimum atomic E-state index is -0.00806. The highest BCUT2D eigenvalue weighted by Gasteiger charge is 2.41. The number of nitrogens with zero attached hydrogens (tertiary/aromatic N) is 1. The average molecular weight is 333 g/mol. The molecule has 1 aliphatic heterocycles. The number of rotatable bonds is 5. The van der Waals surface area contributed by atoms with Crippen LogP contribution in [0.2, 0.25) is 0 Å². The number of hydrogen-bond donors (Lipinski definition) is 2. The van der Waals surface area contributed by atoms with E-state index in [1.165, 1.54) is 12.8 Å². The lowest BCUT2D eigenvalue weighted by Crippen LogP contribution is -2.53. The van der Waals surface area contributed by atoms with Gasteiger partial charge in [0.15, 0.2) is 0 Å². The van der Waals surface area contributed by atoms with E-state index in [9.17, 15) is 4.79 Å². The highest BCUT2D eigenvalue weighted by Crippen LogP contribution is 2.39. The molecule has 0 atom stereocenters. The van der Waals surface area contributed by atoms with Crippen LogP contribution in [-0.2, 0) is 9.53 Å². The first-order valence-electron chi connectivity index (χ1n) is 8.69. The fourth-order valence-electron chi connectivity index (χ4n) is 3.99. The van der Waals surface area contributed by atoms with E-state index in [-0.39, 0.29) is 11.4 Å². The second-order valence-corrected chi connectivity index (χ2v) is 6.71. The number of hydrogen-bond acceptors (Lipinski definition) is 5. The Morgan fingerprint density at radius 2 is 2.04 bits per heavy atom. The Bertz CT molecular complexity index is 579. The number of carbonyl (C=O) groups is 1. The molecule has 1 saturated heterocycles. The average Bonchev–Trinajstić information content (AvgIpc) is 3.05.